The Morgan fingerprint density at radius 3 is 2.31 bits per heavy atom. The van der Waals surface area contributed by atoms with E-state index in [1.54, 1.807) is 63.2 Å². The minimum atomic E-state index is -0.730. The van der Waals surface area contributed by atoms with Crippen molar-refractivity contribution in [2.45, 2.75) is 39.9 Å². The van der Waals surface area contributed by atoms with Crippen molar-refractivity contribution in [1.82, 2.24) is 0 Å². The molecular weight excluding hydrogens is 354 g/mol. The molecule has 2 aromatic carbocycles. The fourth-order valence-corrected chi connectivity index (χ4v) is 2.38. The van der Waals surface area contributed by atoms with Crippen LogP contribution in [0.1, 0.15) is 36.7 Å². The molecule has 0 aliphatic rings. The van der Waals surface area contributed by atoms with Gasteiger partial charge in [0.2, 0.25) is 0 Å². The van der Waals surface area contributed by atoms with Gasteiger partial charge in [0.25, 0.3) is 5.91 Å². The standard InChI is InChI=1S/C20H22ClNO4/c1-12(2)25-20(24)14(4)26-16-10-8-15(9-11-16)19(23)22-18-7-5-6-17(21)13(18)3/h5-12,14H,1-4H3,(H,22,23). The van der Waals surface area contributed by atoms with Gasteiger partial charge in [-0.3, -0.25) is 4.79 Å². The van der Waals surface area contributed by atoms with Crippen LogP contribution < -0.4 is 10.1 Å². The lowest BCUT2D eigenvalue weighted by Gasteiger charge is -2.16. The van der Waals surface area contributed by atoms with Gasteiger partial charge in [0.05, 0.1) is 6.10 Å². The second-order valence-electron chi connectivity index (χ2n) is 6.14. The average Bonchev–Trinajstić information content (AvgIpc) is 2.59. The van der Waals surface area contributed by atoms with E-state index >= 15 is 0 Å². The van der Waals surface area contributed by atoms with Gasteiger partial charge in [-0.25, -0.2) is 4.79 Å². The molecular formula is C20H22ClNO4. The Morgan fingerprint density at radius 2 is 1.69 bits per heavy atom. The third-order valence-corrected chi connectivity index (χ3v) is 4.04. The predicted octanol–water partition coefficient (Wildman–Crippen LogP) is 4.62. The van der Waals surface area contributed by atoms with Crippen molar-refractivity contribution in [1.29, 1.82) is 0 Å². The van der Waals surface area contributed by atoms with E-state index in [2.05, 4.69) is 5.32 Å². The third-order valence-electron chi connectivity index (χ3n) is 3.63. The number of ether oxygens (including phenoxy) is 2. The van der Waals surface area contributed by atoms with Crippen molar-refractivity contribution in [3.05, 3.63) is 58.6 Å². The number of hydrogen-bond donors (Lipinski definition) is 1. The number of benzene rings is 2. The zero-order chi connectivity index (χ0) is 19.3. The van der Waals surface area contributed by atoms with Crippen LogP contribution >= 0.6 is 11.6 Å². The van der Waals surface area contributed by atoms with Crippen molar-refractivity contribution < 1.29 is 19.1 Å². The van der Waals surface area contributed by atoms with Crippen molar-refractivity contribution in [2.24, 2.45) is 0 Å². The second-order valence-corrected chi connectivity index (χ2v) is 6.54. The Bertz CT molecular complexity index is 787. The summed E-state index contributed by atoms with van der Waals surface area (Å²) in [6.45, 7) is 7.01. The van der Waals surface area contributed by atoms with E-state index in [0.717, 1.165) is 5.56 Å². The van der Waals surface area contributed by atoms with Crippen LogP contribution in [0.2, 0.25) is 5.02 Å². The van der Waals surface area contributed by atoms with Gasteiger partial charge in [0.15, 0.2) is 6.10 Å². The largest absolute Gasteiger partial charge is 0.479 e. The first-order valence-electron chi connectivity index (χ1n) is 8.31. The molecule has 0 aromatic heterocycles. The molecule has 1 N–H and O–H groups in total. The van der Waals surface area contributed by atoms with Crippen LogP contribution in [-0.2, 0) is 9.53 Å². The average molecular weight is 376 g/mol. The highest BCUT2D eigenvalue weighted by atomic mass is 35.5. The summed E-state index contributed by atoms with van der Waals surface area (Å²) in [5.41, 5.74) is 1.93. The number of carbonyl (C=O) groups is 2. The summed E-state index contributed by atoms with van der Waals surface area (Å²) in [6.07, 6.45) is -0.930. The summed E-state index contributed by atoms with van der Waals surface area (Å²) in [6, 6.07) is 11.9. The Morgan fingerprint density at radius 1 is 1.04 bits per heavy atom. The molecule has 0 aliphatic heterocycles. The van der Waals surface area contributed by atoms with Gasteiger partial charge >= 0.3 is 5.97 Å². The molecule has 0 saturated heterocycles. The molecule has 0 radical (unpaired) electrons. The molecule has 1 amide bonds. The number of nitrogens with one attached hydrogen (secondary N) is 1. The minimum Gasteiger partial charge on any atom is -0.479 e. The van der Waals surface area contributed by atoms with Crippen molar-refractivity contribution in [2.75, 3.05) is 5.32 Å². The molecule has 0 bridgehead atoms. The first-order chi connectivity index (χ1) is 12.3. The summed E-state index contributed by atoms with van der Waals surface area (Å²) in [4.78, 5) is 24.1. The summed E-state index contributed by atoms with van der Waals surface area (Å²) in [5, 5.41) is 3.42. The quantitative estimate of drug-likeness (QED) is 0.748. The molecule has 2 rings (SSSR count). The molecule has 1 unspecified atom stereocenters. The monoisotopic (exact) mass is 375 g/mol. The molecule has 0 heterocycles. The number of halogens is 1. The Kier molecular flexibility index (Phi) is 6.64. The van der Waals surface area contributed by atoms with E-state index in [-0.39, 0.29) is 12.0 Å². The normalized spacial score (nSPS) is 11.8. The number of rotatable bonds is 6. The van der Waals surface area contributed by atoms with Crippen LogP contribution in [0.15, 0.2) is 42.5 Å². The van der Waals surface area contributed by atoms with Gasteiger partial charge < -0.3 is 14.8 Å². The van der Waals surface area contributed by atoms with Crippen molar-refractivity contribution in [3.8, 4) is 5.75 Å². The highest BCUT2D eigenvalue weighted by molar-refractivity contribution is 6.31. The fourth-order valence-electron chi connectivity index (χ4n) is 2.20. The van der Waals surface area contributed by atoms with Crippen LogP contribution in [0.4, 0.5) is 5.69 Å². The topological polar surface area (TPSA) is 64.6 Å². The number of amides is 1. The van der Waals surface area contributed by atoms with Gasteiger partial charge in [-0.1, -0.05) is 17.7 Å². The van der Waals surface area contributed by atoms with Gasteiger partial charge in [-0.2, -0.15) is 0 Å². The number of hydrogen-bond acceptors (Lipinski definition) is 4. The first kappa shape index (κ1) is 19.8. The summed E-state index contributed by atoms with van der Waals surface area (Å²) >= 11 is 6.06. The highest BCUT2D eigenvalue weighted by Crippen LogP contribution is 2.24. The lowest BCUT2D eigenvalue weighted by molar-refractivity contribution is -0.154. The maximum atomic E-state index is 12.4. The van der Waals surface area contributed by atoms with Crippen LogP contribution in [0.3, 0.4) is 0 Å². The number of esters is 1. The Labute approximate surface area is 158 Å². The molecule has 26 heavy (non-hydrogen) atoms. The predicted molar refractivity (Wildman–Crippen MR) is 102 cm³/mol. The lowest BCUT2D eigenvalue weighted by atomic mass is 10.1. The molecule has 138 valence electrons. The van der Waals surface area contributed by atoms with Gasteiger partial charge in [0, 0.05) is 16.3 Å². The van der Waals surface area contributed by atoms with Crippen LogP contribution in [0.5, 0.6) is 5.75 Å². The van der Waals surface area contributed by atoms with E-state index in [0.29, 0.717) is 22.0 Å². The summed E-state index contributed by atoms with van der Waals surface area (Å²) < 4.78 is 10.6. The van der Waals surface area contributed by atoms with Gasteiger partial charge in [-0.15, -0.1) is 0 Å². The number of carbonyl (C=O) groups excluding carboxylic acids is 2. The zero-order valence-electron chi connectivity index (χ0n) is 15.2. The van der Waals surface area contributed by atoms with Crippen molar-refractivity contribution >= 4 is 29.2 Å². The molecule has 0 aliphatic carbocycles. The maximum Gasteiger partial charge on any atom is 0.347 e. The lowest BCUT2D eigenvalue weighted by Crippen LogP contribution is -2.28. The summed E-state index contributed by atoms with van der Waals surface area (Å²) in [5.74, 6) is -0.207. The SMILES string of the molecule is Cc1c(Cl)cccc1NC(=O)c1ccc(OC(C)C(=O)OC(C)C)cc1. The number of anilines is 1. The van der Waals surface area contributed by atoms with Gasteiger partial charge in [-0.05, 0) is 69.7 Å². The first-order valence-corrected chi connectivity index (χ1v) is 8.69. The van der Waals surface area contributed by atoms with Crippen LogP contribution in [-0.4, -0.2) is 24.1 Å². The smallest absolute Gasteiger partial charge is 0.347 e. The minimum absolute atomic E-state index is 0.199. The fraction of sp³-hybridized carbons (Fsp3) is 0.300. The molecule has 0 spiro atoms. The van der Waals surface area contributed by atoms with Crippen LogP contribution in [0, 0.1) is 6.92 Å². The summed E-state index contributed by atoms with van der Waals surface area (Å²) in [7, 11) is 0. The molecule has 0 fully saturated rings. The third kappa shape index (κ3) is 5.23. The van der Waals surface area contributed by atoms with E-state index in [9.17, 15) is 9.59 Å². The van der Waals surface area contributed by atoms with E-state index in [4.69, 9.17) is 21.1 Å². The Balaban J connectivity index is 2.01. The maximum absolute atomic E-state index is 12.4. The van der Waals surface area contributed by atoms with Gasteiger partial charge in [0.1, 0.15) is 5.75 Å². The van der Waals surface area contributed by atoms with Crippen LogP contribution in [0.25, 0.3) is 0 Å². The molecule has 0 saturated carbocycles. The molecule has 2 aromatic rings. The molecule has 6 heteroatoms. The zero-order valence-corrected chi connectivity index (χ0v) is 16.0. The Hall–Kier alpha value is -2.53. The van der Waals surface area contributed by atoms with E-state index < -0.39 is 12.1 Å². The van der Waals surface area contributed by atoms with E-state index in [1.165, 1.54) is 0 Å². The molecule has 1 atom stereocenters. The second kappa shape index (κ2) is 8.72. The van der Waals surface area contributed by atoms with Crippen molar-refractivity contribution in [3.63, 3.8) is 0 Å². The molecule has 5 nitrogen and oxygen atoms in total. The van der Waals surface area contributed by atoms with E-state index in [1.807, 2.05) is 6.92 Å². The highest BCUT2D eigenvalue weighted by Gasteiger charge is 2.18.